The fourth-order valence-corrected chi connectivity index (χ4v) is 2.90. The fraction of sp³-hybridized carbons (Fsp3) is 0.357. The fourth-order valence-electron chi connectivity index (χ4n) is 1.92. The summed E-state index contributed by atoms with van der Waals surface area (Å²) >= 11 is 1.67. The van der Waals surface area contributed by atoms with Crippen molar-refractivity contribution in [1.82, 2.24) is 4.98 Å². The van der Waals surface area contributed by atoms with Gasteiger partial charge in [0.2, 0.25) is 0 Å². The van der Waals surface area contributed by atoms with Gasteiger partial charge in [0.05, 0.1) is 24.9 Å². The first-order valence-electron chi connectivity index (χ1n) is 6.04. The number of ether oxygens (including phenoxy) is 2. The second-order valence-corrected chi connectivity index (χ2v) is 5.35. The van der Waals surface area contributed by atoms with E-state index in [4.69, 9.17) is 15.2 Å². The van der Waals surface area contributed by atoms with Crippen LogP contribution in [0.3, 0.4) is 0 Å². The van der Waals surface area contributed by atoms with E-state index in [1.54, 1.807) is 25.6 Å². The second kappa shape index (κ2) is 6.04. The molecule has 0 amide bonds. The second-order valence-electron chi connectivity index (χ2n) is 4.19. The first-order chi connectivity index (χ1) is 9.17. The Bertz CT molecular complexity index is 567. The smallest absolute Gasteiger partial charge is 0.160 e. The van der Waals surface area contributed by atoms with Gasteiger partial charge in [0.15, 0.2) is 11.5 Å². The van der Waals surface area contributed by atoms with Crippen molar-refractivity contribution in [1.29, 1.82) is 0 Å². The van der Waals surface area contributed by atoms with Crippen LogP contribution in [0.25, 0.3) is 0 Å². The standard InChI is InChI=1S/C14H18N2O2S/c1-9-13(8-15)19-14(16-9)7-10-4-5-11(17-2)12(6-10)18-3/h4-6H,7-8,15H2,1-3H3. The third-order valence-corrected chi connectivity index (χ3v) is 4.11. The summed E-state index contributed by atoms with van der Waals surface area (Å²) in [4.78, 5) is 5.69. The van der Waals surface area contributed by atoms with Crippen molar-refractivity contribution in [3.05, 3.63) is 39.3 Å². The maximum Gasteiger partial charge on any atom is 0.160 e. The zero-order valence-corrected chi connectivity index (χ0v) is 12.2. The van der Waals surface area contributed by atoms with Gasteiger partial charge in [-0.05, 0) is 24.6 Å². The molecule has 0 bridgehead atoms. The highest BCUT2D eigenvalue weighted by Crippen LogP contribution is 2.29. The molecule has 0 aliphatic carbocycles. The topological polar surface area (TPSA) is 57.4 Å². The van der Waals surface area contributed by atoms with Crippen molar-refractivity contribution in [2.75, 3.05) is 14.2 Å². The summed E-state index contributed by atoms with van der Waals surface area (Å²) in [6.07, 6.45) is 0.784. The third kappa shape index (κ3) is 3.05. The van der Waals surface area contributed by atoms with E-state index >= 15 is 0 Å². The lowest BCUT2D eigenvalue weighted by molar-refractivity contribution is 0.354. The van der Waals surface area contributed by atoms with E-state index in [2.05, 4.69) is 4.98 Å². The highest BCUT2D eigenvalue weighted by atomic mass is 32.1. The molecule has 0 saturated heterocycles. The van der Waals surface area contributed by atoms with Crippen molar-refractivity contribution in [2.45, 2.75) is 19.9 Å². The number of hydrogen-bond acceptors (Lipinski definition) is 5. The Morgan fingerprint density at radius 3 is 2.53 bits per heavy atom. The lowest BCUT2D eigenvalue weighted by atomic mass is 10.1. The van der Waals surface area contributed by atoms with Crippen LogP contribution in [-0.2, 0) is 13.0 Å². The van der Waals surface area contributed by atoms with Crippen LogP contribution in [0, 0.1) is 6.92 Å². The minimum atomic E-state index is 0.551. The first-order valence-corrected chi connectivity index (χ1v) is 6.85. The van der Waals surface area contributed by atoms with Crippen molar-refractivity contribution in [2.24, 2.45) is 5.73 Å². The SMILES string of the molecule is COc1ccc(Cc2nc(C)c(CN)s2)cc1OC. The van der Waals surface area contributed by atoms with E-state index in [0.717, 1.165) is 39.1 Å². The lowest BCUT2D eigenvalue weighted by Crippen LogP contribution is -1.94. The highest BCUT2D eigenvalue weighted by molar-refractivity contribution is 7.11. The first kappa shape index (κ1) is 13.8. The van der Waals surface area contributed by atoms with Gasteiger partial charge >= 0.3 is 0 Å². The average molecular weight is 278 g/mol. The van der Waals surface area contributed by atoms with Gasteiger partial charge in [0.1, 0.15) is 0 Å². The van der Waals surface area contributed by atoms with Gasteiger partial charge in [0.25, 0.3) is 0 Å². The zero-order valence-electron chi connectivity index (χ0n) is 11.4. The maximum absolute atomic E-state index is 5.67. The Morgan fingerprint density at radius 1 is 1.21 bits per heavy atom. The summed E-state index contributed by atoms with van der Waals surface area (Å²) in [5, 5.41) is 1.07. The monoisotopic (exact) mass is 278 g/mol. The molecule has 2 rings (SSSR count). The van der Waals surface area contributed by atoms with E-state index in [0.29, 0.717) is 6.54 Å². The van der Waals surface area contributed by atoms with Gasteiger partial charge in [-0.1, -0.05) is 6.07 Å². The largest absolute Gasteiger partial charge is 0.493 e. The molecular weight excluding hydrogens is 260 g/mol. The van der Waals surface area contributed by atoms with Crippen molar-refractivity contribution < 1.29 is 9.47 Å². The van der Waals surface area contributed by atoms with Gasteiger partial charge in [-0.3, -0.25) is 0 Å². The molecule has 0 fully saturated rings. The average Bonchev–Trinajstić information content (AvgIpc) is 2.78. The van der Waals surface area contributed by atoms with Gasteiger partial charge < -0.3 is 15.2 Å². The molecule has 4 nitrogen and oxygen atoms in total. The van der Waals surface area contributed by atoms with E-state index in [9.17, 15) is 0 Å². The predicted octanol–water partition coefficient (Wildman–Crippen LogP) is 2.52. The molecule has 0 unspecified atom stereocenters. The van der Waals surface area contributed by atoms with Crippen molar-refractivity contribution >= 4 is 11.3 Å². The highest BCUT2D eigenvalue weighted by Gasteiger charge is 2.09. The van der Waals surface area contributed by atoms with Crippen LogP contribution in [0.4, 0.5) is 0 Å². The van der Waals surface area contributed by atoms with Crippen LogP contribution in [0.15, 0.2) is 18.2 Å². The number of aryl methyl sites for hydroxylation is 1. The van der Waals surface area contributed by atoms with Gasteiger partial charge in [-0.15, -0.1) is 11.3 Å². The summed E-state index contributed by atoms with van der Waals surface area (Å²) < 4.78 is 10.5. The lowest BCUT2D eigenvalue weighted by Gasteiger charge is -2.08. The minimum absolute atomic E-state index is 0.551. The molecule has 0 aliphatic rings. The van der Waals surface area contributed by atoms with Crippen LogP contribution < -0.4 is 15.2 Å². The maximum atomic E-state index is 5.67. The zero-order chi connectivity index (χ0) is 13.8. The molecule has 19 heavy (non-hydrogen) atoms. The van der Waals surface area contributed by atoms with E-state index in [-0.39, 0.29) is 0 Å². The molecule has 0 aliphatic heterocycles. The number of rotatable bonds is 5. The van der Waals surface area contributed by atoms with Crippen LogP contribution >= 0.6 is 11.3 Å². The quantitative estimate of drug-likeness (QED) is 0.913. The summed E-state index contributed by atoms with van der Waals surface area (Å²) in [6, 6.07) is 5.93. The molecule has 1 aromatic carbocycles. The molecule has 0 atom stereocenters. The number of aromatic nitrogens is 1. The van der Waals surface area contributed by atoms with Crippen LogP contribution in [0.1, 0.15) is 21.1 Å². The van der Waals surface area contributed by atoms with Crippen LogP contribution in [0.2, 0.25) is 0 Å². The van der Waals surface area contributed by atoms with Crippen molar-refractivity contribution in [3.63, 3.8) is 0 Å². The Morgan fingerprint density at radius 2 is 1.95 bits per heavy atom. The van der Waals surface area contributed by atoms with Gasteiger partial charge in [0, 0.05) is 17.8 Å². The molecule has 102 valence electrons. The van der Waals surface area contributed by atoms with Crippen LogP contribution in [0.5, 0.6) is 11.5 Å². The molecule has 0 spiro atoms. The third-order valence-electron chi connectivity index (χ3n) is 2.93. The van der Waals surface area contributed by atoms with E-state index < -0.39 is 0 Å². The minimum Gasteiger partial charge on any atom is -0.493 e. The van der Waals surface area contributed by atoms with Crippen molar-refractivity contribution in [3.8, 4) is 11.5 Å². The Kier molecular flexibility index (Phi) is 4.39. The number of nitrogens with zero attached hydrogens (tertiary/aromatic N) is 1. The Labute approximate surface area is 117 Å². The normalized spacial score (nSPS) is 10.5. The predicted molar refractivity (Wildman–Crippen MR) is 77.1 cm³/mol. The summed E-state index contributed by atoms with van der Waals surface area (Å²) in [6.45, 7) is 2.55. The molecule has 5 heteroatoms. The number of methoxy groups -OCH3 is 2. The Balaban J connectivity index is 2.22. The summed E-state index contributed by atoms with van der Waals surface area (Å²) in [5.41, 5.74) is 7.85. The molecular formula is C14H18N2O2S. The summed E-state index contributed by atoms with van der Waals surface area (Å²) in [7, 11) is 3.27. The Hall–Kier alpha value is -1.59. The number of hydrogen-bond donors (Lipinski definition) is 1. The van der Waals surface area contributed by atoms with E-state index in [1.807, 2.05) is 25.1 Å². The molecule has 0 radical (unpaired) electrons. The summed E-state index contributed by atoms with van der Waals surface area (Å²) in [5.74, 6) is 1.48. The molecule has 0 saturated carbocycles. The molecule has 1 aromatic heterocycles. The van der Waals surface area contributed by atoms with E-state index in [1.165, 1.54) is 0 Å². The number of thiazole rings is 1. The number of benzene rings is 1. The van der Waals surface area contributed by atoms with Gasteiger partial charge in [-0.25, -0.2) is 4.98 Å². The van der Waals surface area contributed by atoms with Crippen LogP contribution in [-0.4, -0.2) is 19.2 Å². The number of nitrogens with two attached hydrogens (primary N) is 1. The molecule has 2 aromatic rings. The molecule has 2 N–H and O–H groups in total. The molecule has 1 heterocycles. The van der Waals surface area contributed by atoms with Gasteiger partial charge in [-0.2, -0.15) is 0 Å².